The van der Waals surface area contributed by atoms with Crippen molar-refractivity contribution in [3.05, 3.63) is 76.8 Å². The van der Waals surface area contributed by atoms with Crippen LogP contribution < -0.4 is 0 Å². The highest BCUT2D eigenvalue weighted by molar-refractivity contribution is 7.98. The van der Waals surface area contributed by atoms with Crippen molar-refractivity contribution in [1.29, 1.82) is 0 Å². The van der Waals surface area contributed by atoms with Crippen molar-refractivity contribution in [2.75, 3.05) is 6.61 Å². The maximum absolute atomic E-state index is 13.2. The molecular formula is C19H14F2N2O4S. The van der Waals surface area contributed by atoms with Crippen LogP contribution in [0, 0.1) is 18.6 Å². The number of rotatable bonds is 7. The van der Waals surface area contributed by atoms with Crippen LogP contribution in [0.2, 0.25) is 0 Å². The molecule has 0 N–H and O–H groups in total. The zero-order chi connectivity index (χ0) is 20.1. The van der Waals surface area contributed by atoms with Gasteiger partial charge in [0, 0.05) is 23.6 Å². The molecule has 1 aromatic carbocycles. The van der Waals surface area contributed by atoms with Gasteiger partial charge < -0.3 is 9.26 Å². The van der Waals surface area contributed by atoms with Crippen molar-refractivity contribution in [3.63, 3.8) is 0 Å². The third-order valence-electron chi connectivity index (χ3n) is 3.60. The number of pyridine rings is 1. The van der Waals surface area contributed by atoms with Crippen molar-refractivity contribution >= 4 is 23.5 Å². The molecule has 28 heavy (non-hydrogen) atoms. The molecule has 144 valence electrons. The van der Waals surface area contributed by atoms with Gasteiger partial charge in [0.25, 0.3) is 0 Å². The molecule has 0 atom stereocenters. The van der Waals surface area contributed by atoms with E-state index >= 15 is 0 Å². The fourth-order valence-electron chi connectivity index (χ4n) is 2.25. The first kappa shape index (κ1) is 19.7. The number of halogens is 2. The summed E-state index contributed by atoms with van der Waals surface area (Å²) in [4.78, 5) is 28.5. The van der Waals surface area contributed by atoms with Crippen LogP contribution >= 0.6 is 11.8 Å². The summed E-state index contributed by atoms with van der Waals surface area (Å²) in [5.74, 6) is -2.50. The quantitative estimate of drug-likeness (QED) is 0.335. The maximum atomic E-state index is 13.2. The van der Waals surface area contributed by atoms with Gasteiger partial charge in [0.05, 0.1) is 11.3 Å². The minimum Gasteiger partial charge on any atom is -0.454 e. The van der Waals surface area contributed by atoms with Crippen molar-refractivity contribution in [3.8, 4) is 0 Å². The summed E-state index contributed by atoms with van der Waals surface area (Å²) in [7, 11) is 0. The zero-order valence-corrected chi connectivity index (χ0v) is 15.5. The Kier molecular flexibility index (Phi) is 6.15. The van der Waals surface area contributed by atoms with Crippen LogP contribution in [0.1, 0.15) is 32.2 Å². The van der Waals surface area contributed by atoms with E-state index in [1.54, 1.807) is 19.1 Å². The molecule has 6 nitrogen and oxygen atoms in total. The fourth-order valence-corrected chi connectivity index (χ4v) is 3.11. The topological polar surface area (TPSA) is 82.3 Å². The molecular weight excluding hydrogens is 390 g/mol. The van der Waals surface area contributed by atoms with E-state index in [0.717, 1.165) is 18.2 Å². The van der Waals surface area contributed by atoms with Crippen LogP contribution in [0.15, 0.2) is 52.1 Å². The van der Waals surface area contributed by atoms with E-state index in [1.807, 2.05) is 0 Å². The Morgan fingerprint density at radius 3 is 2.71 bits per heavy atom. The number of thioether (sulfide) groups is 1. The lowest BCUT2D eigenvalue weighted by Gasteiger charge is -2.08. The van der Waals surface area contributed by atoms with Crippen molar-refractivity contribution in [2.45, 2.75) is 17.7 Å². The summed E-state index contributed by atoms with van der Waals surface area (Å²) < 4.78 is 36.2. The van der Waals surface area contributed by atoms with Gasteiger partial charge in [0.1, 0.15) is 10.8 Å². The average molecular weight is 404 g/mol. The Hall–Kier alpha value is -3.07. The highest BCUT2D eigenvalue weighted by Crippen LogP contribution is 2.24. The second-order valence-electron chi connectivity index (χ2n) is 5.70. The van der Waals surface area contributed by atoms with Gasteiger partial charge >= 0.3 is 5.97 Å². The number of nitrogens with zero attached hydrogens (tertiary/aromatic N) is 2. The van der Waals surface area contributed by atoms with Crippen LogP contribution in [0.4, 0.5) is 8.78 Å². The number of carbonyl (C=O) groups excluding carboxylic acids is 2. The molecule has 0 amide bonds. The van der Waals surface area contributed by atoms with Gasteiger partial charge in [-0.3, -0.25) is 4.79 Å². The van der Waals surface area contributed by atoms with Gasteiger partial charge in [-0.1, -0.05) is 16.9 Å². The third-order valence-corrected chi connectivity index (χ3v) is 4.64. The van der Waals surface area contributed by atoms with Crippen LogP contribution in [0.25, 0.3) is 0 Å². The highest BCUT2D eigenvalue weighted by Gasteiger charge is 2.17. The van der Waals surface area contributed by atoms with Crippen LogP contribution in [0.5, 0.6) is 0 Å². The molecule has 0 aliphatic rings. The molecule has 0 bridgehead atoms. The summed E-state index contributed by atoms with van der Waals surface area (Å²) >= 11 is 1.27. The van der Waals surface area contributed by atoms with E-state index in [4.69, 9.17) is 9.26 Å². The van der Waals surface area contributed by atoms with Crippen molar-refractivity contribution in [1.82, 2.24) is 10.1 Å². The van der Waals surface area contributed by atoms with E-state index in [1.165, 1.54) is 24.0 Å². The highest BCUT2D eigenvalue weighted by atomic mass is 32.2. The number of aromatic nitrogens is 2. The first-order chi connectivity index (χ1) is 13.4. The Balaban J connectivity index is 1.63. The largest absolute Gasteiger partial charge is 0.454 e. The number of aryl methyl sites for hydroxylation is 1. The van der Waals surface area contributed by atoms with E-state index < -0.39 is 30.0 Å². The molecule has 0 aliphatic carbocycles. The molecule has 0 unspecified atom stereocenters. The molecule has 9 heteroatoms. The minimum atomic E-state index is -1.15. The van der Waals surface area contributed by atoms with Crippen molar-refractivity contribution in [2.24, 2.45) is 0 Å². The normalized spacial score (nSPS) is 10.7. The number of hydrogen-bond acceptors (Lipinski definition) is 7. The number of esters is 1. The standard InChI is InChI=1S/C19H14F2N2O4S/c1-11-7-13(23-27-11)10-28-18-14(3-2-6-22-18)19(25)26-9-17(24)12-4-5-15(20)16(21)8-12/h2-8H,9-10H2,1H3. The van der Waals surface area contributed by atoms with Gasteiger partial charge in [0.2, 0.25) is 0 Å². The predicted molar refractivity (Wildman–Crippen MR) is 96.0 cm³/mol. The smallest absolute Gasteiger partial charge is 0.341 e. The second-order valence-corrected chi connectivity index (χ2v) is 6.67. The summed E-state index contributed by atoms with van der Waals surface area (Å²) in [5.41, 5.74) is 0.792. The van der Waals surface area contributed by atoms with E-state index in [2.05, 4.69) is 10.1 Å². The molecule has 2 heterocycles. The summed E-state index contributed by atoms with van der Waals surface area (Å²) in [6, 6.07) is 7.59. The number of carbonyl (C=O) groups is 2. The van der Waals surface area contributed by atoms with E-state index in [-0.39, 0.29) is 11.1 Å². The average Bonchev–Trinajstić information content (AvgIpc) is 3.11. The first-order valence-corrected chi connectivity index (χ1v) is 9.08. The van der Waals surface area contributed by atoms with E-state index in [9.17, 15) is 18.4 Å². The maximum Gasteiger partial charge on any atom is 0.341 e. The number of ketones is 1. The van der Waals surface area contributed by atoms with Gasteiger partial charge in [-0.25, -0.2) is 18.6 Å². The van der Waals surface area contributed by atoms with Crippen LogP contribution in [-0.2, 0) is 10.5 Å². The predicted octanol–water partition coefficient (Wildman–Crippen LogP) is 3.99. The molecule has 0 fully saturated rings. The number of Topliss-reactive ketones (excluding diaryl/α,β-unsaturated/α-hetero) is 1. The van der Waals surface area contributed by atoms with Gasteiger partial charge in [-0.05, 0) is 37.3 Å². The molecule has 2 aromatic heterocycles. The number of hydrogen-bond donors (Lipinski definition) is 0. The SMILES string of the molecule is Cc1cc(CSc2ncccc2C(=O)OCC(=O)c2ccc(F)c(F)c2)no1. The van der Waals surface area contributed by atoms with Crippen molar-refractivity contribution < 1.29 is 27.6 Å². The number of ether oxygens (including phenoxy) is 1. The fraction of sp³-hybridized carbons (Fsp3) is 0.158. The lowest BCUT2D eigenvalue weighted by atomic mass is 10.1. The van der Waals surface area contributed by atoms with Gasteiger partial charge in [0.15, 0.2) is 24.0 Å². The summed E-state index contributed by atoms with van der Waals surface area (Å²) in [6.45, 7) is 1.17. The summed E-state index contributed by atoms with van der Waals surface area (Å²) in [6.07, 6.45) is 1.53. The molecule has 3 aromatic rings. The van der Waals surface area contributed by atoms with Crippen LogP contribution in [0.3, 0.4) is 0 Å². The Labute approximate surface area is 162 Å². The molecule has 0 radical (unpaired) electrons. The molecule has 0 saturated carbocycles. The molecule has 0 saturated heterocycles. The Morgan fingerprint density at radius 1 is 1.18 bits per heavy atom. The first-order valence-electron chi connectivity index (χ1n) is 8.09. The molecule has 0 aliphatic heterocycles. The monoisotopic (exact) mass is 404 g/mol. The zero-order valence-electron chi connectivity index (χ0n) is 14.6. The second kappa shape index (κ2) is 8.75. The van der Waals surface area contributed by atoms with Crippen LogP contribution in [-0.4, -0.2) is 28.5 Å². The molecule has 0 spiro atoms. The van der Waals surface area contributed by atoms with E-state index in [0.29, 0.717) is 22.2 Å². The Morgan fingerprint density at radius 2 is 2.00 bits per heavy atom. The minimum absolute atomic E-state index is 0.0890. The molecule has 3 rings (SSSR count). The third kappa shape index (κ3) is 4.80. The summed E-state index contributed by atoms with van der Waals surface area (Å²) in [5, 5.41) is 4.28. The Bertz CT molecular complexity index is 1020. The van der Waals surface area contributed by atoms with Gasteiger partial charge in [-0.15, -0.1) is 0 Å². The lowest BCUT2D eigenvalue weighted by Crippen LogP contribution is -2.15. The number of benzene rings is 1. The lowest BCUT2D eigenvalue weighted by molar-refractivity contribution is 0.0470. The van der Waals surface area contributed by atoms with Gasteiger partial charge in [-0.2, -0.15) is 0 Å².